The van der Waals surface area contributed by atoms with Gasteiger partial charge in [0.05, 0.1) is 0 Å². The van der Waals surface area contributed by atoms with Crippen molar-refractivity contribution in [1.29, 1.82) is 0 Å². The number of ether oxygens (including phenoxy) is 1. The van der Waals surface area contributed by atoms with E-state index in [0.717, 1.165) is 33.6 Å². The zero-order chi connectivity index (χ0) is 17.4. The van der Waals surface area contributed by atoms with Crippen LogP contribution in [0.25, 0.3) is 22.0 Å². The summed E-state index contributed by atoms with van der Waals surface area (Å²) in [5, 5.41) is 0.892. The Balaban J connectivity index is 1.89. The number of benzene rings is 2. The summed E-state index contributed by atoms with van der Waals surface area (Å²) in [6.07, 6.45) is 3.65. The molecule has 0 fully saturated rings. The molecule has 4 aromatic rings. The van der Waals surface area contributed by atoms with Crippen molar-refractivity contribution in [2.45, 2.75) is 6.92 Å². The van der Waals surface area contributed by atoms with Gasteiger partial charge in [0.2, 0.25) is 0 Å². The summed E-state index contributed by atoms with van der Waals surface area (Å²) in [4.78, 5) is 15.3. The van der Waals surface area contributed by atoms with Crippen molar-refractivity contribution in [3.63, 3.8) is 0 Å². The standard InChI is InChI=1S/C21H18N2O2/c1-14-6-5-7-15(12-14)25-19-9-4-3-8-16(19)18-13-23(2)21(24)20-17(18)10-11-22-20/h3-13,22H,1-2H3. The highest BCUT2D eigenvalue weighted by Crippen LogP contribution is 2.36. The van der Waals surface area contributed by atoms with E-state index in [2.05, 4.69) is 4.98 Å². The molecule has 25 heavy (non-hydrogen) atoms. The highest BCUT2D eigenvalue weighted by atomic mass is 16.5. The third kappa shape index (κ3) is 2.72. The number of H-pyrrole nitrogens is 1. The minimum atomic E-state index is -0.0409. The molecule has 0 spiro atoms. The van der Waals surface area contributed by atoms with Gasteiger partial charge in [-0.25, -0.2) is 0 Å². The number of nitrogens with one attached hydrogen (secondary N) is 1. The number of aromatic nitrogens is 2. The average molecular weight is 330 g/mol. The van der Waals surface area contributed by atoms with E-state index in [1.807, 2.05) is 67.7 Å². The molecule has 0 unspecified atom stereocenters. The first kappa shape index (κ1) is 15.3. The summed E-state index contributed by atoms with van der Waals surface area (Å²) >= 11 is 0. The van der Waals surface area contributed by atoms with Gasteiger partial charge >= 0.3 is 0 Å². The molecule has 0 radical (unpaired) electrons. The van der Waals surface area contributed by atoms with Gasteiger partial charge in [-0.3, -0.25) is 4.79 Å². The fourth-order valence-corrected chi connectivity index (χ4v) is 3.07. The molecule has 0 bridgehead atoms. The van der Waals surface area contributed by atoms with Crippen LogP contribution in [0.3, 0.4) is 0 Å². The Bertz CT molecular complexity index is 1120. The highest BCUT2D eigenvalue weighted by molar-refractivity contribution is 5.95. The van der Waals surface area contributed by atoms with Gasteiger partial charge in [0, 0.05) is 36.0 Å². The second kappa shape index (κ2) is 5.98. The van der Waals surface area contributed by atoms with Crippen LogP contribution in [0, 0.1) is 6.92 Å². The van der Waals surface area contributed by atoms with Crippen molar-refractivity contribution in [3.8, 4) is 22.6 Å². The second-order valence-corrected chi connectivity index (χ2v) is 6.14. The number of pyridine rings is 1. The molecule has 2 aromatic heterocycles. The Morgan fingerprint density at radius 2 is 1.84 bits per heavy atom. The lowest BCUT2D eigenvalue weighted by Gasteiger charge is -2.13. The first-order valence-corrected chi connectivity index (χ1v) is 8.14. The van der Waals surface area contributed by atoms with Crippen LogP contribution >= 0.6 is 0 Å². The third-order valence-electron chi connectivity index (χ3n) is 4.29. The molecular weight excluding hydrogens is 312 g/mol. The largest absolute Gasteiger partial charge is 0.457 e. The molecule has 0 amide bonds. The number of aryl methyl sites for hydroxylation is 2. The zero-order valence-corrected chi connectivity index (χ0v) is 14.1. The van der Waals surface area contributed by atoms with Crippen molar-refractivity contribution in [2.75, 3.05) is 0 Å². The van der Waals surface area contributed by atoms with Crippen LogP contribution in [0.2, 0.25) is 0 Å². The molecule has 1 N–H and O–H groups in total. The molecule has 2 aromatic carbocycles. The van der Waals surface area contributed by atoms with E-state index >= 15 is 0 Å². The van der Waals surface area contributed by atoms with Crippen LogP contribution in [0.4, 0.5) is 0 Å². The molecule has 124 valence electrons. The quantitative estimate of drug-likeness (QED) is 0.595. The van der Waals surface area contributed by atoms with Crippen LogP contribution < -0.4 is 10.3 Å². The number of fused-ring (bicyclic) bond motifs is 1. The number of nitrogens with zero attached hydrogens (tertiary/aromatic N) is 1. The molecule has 0 aliphatic heterocycles. The first-order chi connectivity index (χ1) is 12.1. The average Bonchev–Trinajstić information content (AvgIpc) is 3.09. The number of hydrogen-bond donors (Lipinski definition) is 1. The van der Waals surface area contributed by atoms with Crippen molar-refractivity contribution < 1.29 is 4.74 Å². The first-order valence-electron chi connectivity index (χ1n) is 8.14. The maximum Gasteiger partial charge on any atom is 0.274 e. The summed E-state index contributed by atoms with van der Waals surface area (Å²) in [6.45, 7) is 2.04. The molecule has 0 aliphatic rings. The Kier molecular flexibility index (Phi) is 3.65. The summed E-state index contributed by atoms with van der Waals surface area (Å²) in [7, 11) is 1.76. The fourth-order valence-electron chi connectivity index (χ4n) is 3.07. The van der Waals surface area contributed by atoms with Crippen molar-refractivity contribution in [1.82, 2.24) is 9.55 Å². The van der Waals surface area contributed by atoms with Gasteiger partial charge in [-0.2, -0.15) is 0 Å². The molecular formula is C21H18N2O2. The summed E-state index contributed by atoms with van der Waals surface area (Å²) in [5.41, 5.74) is 3.61. The smallest absolute Gasteiger partial charge is 0.274 e. The van der Waals surface area contributed by atoms with Gasteiger partial charge in [-0.15, -0.1) is 0 Å². The Morgan fingerprint density at radius 3 is 2.68 bits per heavy atom. The van der Waals surface area contributed by atoms with E-state index < -0.39 is 0 Å². The molecule has 0 saturated carbocycles. The Labute approximate surface area is 145 Å². The van der Waals surface area contributed by atoms with Crippen molar-refractivity contribution >= 4 is 10.9 Å². The van der Waals surface area contributed by atoms with E-state index in [0.29, 0.717) is 5.52 Å². The topological polar surface area (TPSA) is 47.0 Å². The van der Waals surface area contributed by atoms with Crippen LogP contribution in [0.5, 0.6) is 11.5 Å². The minimum Gasteiger partial charge on any atom is -0.457 e. The number of para-hydroxylation sites is 1. The monoisotopic (exact) mass is 330 g/mol. The normalized spacial score (nSPS) is 11.0. The fraction of sp³-hybridized carbons (Fsp3) is 0.0952. The summed E-state index contributed by atoms with van der Waals surface area (Å²) in [6, 6.07) is 17.8. The maximum atomic E-state index is 12.3. The zero-order valence-electron chi connectivity index (χ0n) is 14.1. The Hall–Kier alpha value is -3.27. The van der Waals surface area contributed by atoms with Gasteiger partial charge in [0.25, 0.3) is 5.56 Å². The van der Waals surface area contributed by atoms with Crippen LogP contribution in [-0.2, 0) is 7.05 Å². The van der Waals surface area contributed by atoms with E-state index in [1.54, 1.807) is 17.8 Å². The summed E-state index contributed by atoms with van der Waals surface area (Å²) in [5.74, 6) is 1.55. The number of aromatic amines is 1. The van der Waals surface area contributed by atoms with Gasteiger partial charge in [-0.05, 0) is 36.8 Å². The van der Waals surface area contributed by atoms with E-state index in [4.69, 9.17) is 4.74 Å². The van der Waals surface area contributed by atoms with Crippen LogP contribution in [0.1, 0.15) is 5.56 Å². The molecule has 0 atom stereocenters. The summed E-state index contributed by atoms with van der Waals surface area (Å²) < 4.78 is 7.74. The predicted octanol–water partition coefficient (Wildman–Crippen LogP) is 4.63. The molecule has 4 heteroatoms. The van der Waals surface area contributed by atoms with E-state index in [9.17, 15) is 4.79 Å². The maximum absolute atomic E-state index is 12.3. The van der Waals surface area contributed by atoms with Gasteiger partial charge in [0.1, 0.15) is 17.0 Å². The Morgan fingerprint density at radius 1 is 1.00 bits per heavy atom. The minimum absolute atomic E-state index is 0.0409. The molecule has 4 nitrogen and oxygen atoms in total. The second-order valence-electron chi connectivity index (χ2n) is 6.14. The number of rotatable bonds is 3. The van der Waals surface area contributed by atoms with Crippen molar-refractivity contribution in [3.05, 3.63) is 82.9 Å². The lowest BCUT2D eigenvalue weighted by Crippen LogP contribution is -2.16. The van der Waals surface area contributed by atoms with Crippen LogP contribution in [-0.4, -0.2) is 9.55 Å². The van der Waals surface area contributed by atoms with Gasteiger partial charge in [-0.1, -0.05) is 30.3 Å². The third-order valence-corrected chi connectivity index (χ3v) is 4.29. The lowest BCUT2D eigenvalue weighted by molar-refractivity contribution is 0.484. The lowest BCUT2D eigenvalue weighted by atomic mass is 10.0. The molecule has 2 heterocycles. The highest BCUT2D eigenvalue weighted by Gasteiger charge is 2.14. The molecule has 4 rings (SSSR count). The molecule has 0 aliphatic carbocycles. The van der Waals surface area contributed by atoms with Gasteiger partial charge < -0.3 is 14.3 Å². The van der Waals surface area contributed by atoms with Crippen LogP contribution in [0.15, 0.2) is 71.8 Å². The van der Waals surface area contributed by atoms with E-state index in [1.165, 1.54) is 0 Å². The predicted molar refractivity (Wildman–Crippen MR) is 100 cm³/mol. The van der Waals surface area contributed by atoms with Gasteiger partial charge in [0.15, 0.2) is 0 Å². The SMILES string of the molecule is Cc1cccc(Oc2ccccc2-c2cn(C)c(=O)c3[nH]ccc23)c1. The molecule has 0 saturated heterocycles. The number of hydrogen-bond acceptors (Lipinski definition) is 2. The van der Waals surface area contributed by atoms with Crippen molar-refractivity contribution in [2.24, 2.45) is 7.05 Å². The van der Waals surface area contributed by atoms with E-state index in [-0.39, 0.29) is 5.56 Å².